The number of ether oxygens (including phenoxy) is 1. The largest absolute Gasteiger partial charge is 0.495 e. The monoisotopic (exact) mass is 422 g/mol. The molecule has 0 amide bonds. The van der Waals surface area contributed by atoms with Crippen molar-refractivity contribution in [2.75, 3.05) is 17.7 Å². The third kappa shape index (κ3) is 4.24. The van der Waals surface area contributed by atoms with Crippen LogP contribution < -0.4 is 15.4 Å². The number of aromatic nitrogens is 2. The van der Waals surface area contributed by atoms with Gasteiger partial charge in [-0.15, -0.1) is 0 Å². The number of nitrogens with one attached hydrogen (secondary N) is 2. The molecule has 0 radical (unpaired) electrons. The van der Waals surface area contributed by atoms with E-state index in [1.54, 1.807) is 19.2 Å². The van der Waals surface area contributed by atoms with E-state index < -0.39 is 0 Å². The molecular formula is C23H23ClN4O2. The molecule has 1 aliphatic carbocycles. The lowest BCUT2D eigenvalue weighted by Gasteiger charge is -2.30. The highest BCUT2D eigenvalue weighted by atomic mass is 35.5. The second kappa shape index (κ2) is 7.95. The van der Waals surface area contributed by atoms with Gasteiger partial charge in [-0.05, 0) is 42.2 Å². The molecule has 7 heteroatoms. The Kier molecular flexibility index (Phi) is 5.35. The number of carbonyl (C=O) groups is 1. The van der Waals surface area contributed by atoms with Crippen molar-refractivity contribution >= 4 is 40.5 Å². The van der Waals surface area contributed by atoms with Gasteiger partial charge in [0, 0.05) is 17.1 Å². The van der Waals surface area contributed by atoms with Gasteiger partial charge < -0.3 is 15.4 Å². The van der Waals surface area contributed by atoms with E-state index in [0.29, 0.717) is 40.9 Å². The SMILES string of the molecule is COc1ccccc1Nc1nc2c(c(Nc3cccc(Cl)c3)n1)C(=O)CC(C)(C)C2. The molecule has 0 unspecified atom stereocenters. The van der Waals surface area contributed by atoms with Crippen LogP contribution >= 0.6 is 11.6 Å². The van der Waals surface area contributed by atoms with Crippen molar-refractivity contribution in [3.05, 3.63) is 64.8 Å². The number of Topliss-reactive ketones (excluding diaryl/α,β-unsaturated/α-hetero) is 1. The molecular weight excluding hydrogens is 400 g/mol. The highest BCUT2D eigenvalue weighted by Crippen LogP contribution is 2.38. The first-order chi connectivity index (χ1) is 14.3. The minimum Gasteiger partial charge on any atom is -0.495 e. The summed E-state index contributed by atoms with van der Waals surface area (Å²) in [6.07, 6.45) is 1.13. The van der Waals surface area contributed by atoms with Gasteiger partial charge in [0.05, 0.1) is 24.1 Å². The van der Waals surface area contributed by atoms with E-state index >= 15 is 0 Å². The molecule has 6 nitrogen and oxygen atoms in total. The van der Waals surface area contributed by atoms with E-state index in [-0.39, 0.29) is 11.2 Å². The minimum atomic E-state index is -0.159. The molecule has 2 N–H and O–H groups in total. The van der Waals surface area contributed by atoms with Crippen LogP contribution in [0, 0.1) is 5.41 Å². The number of benzene rings is 2. The average Bonchev–Trinajstić information content (AvgIpc) is 2.67. The van der Waals surface area contributed by atoms with Gasteiger partial charge in [0.2, 0.25) is 5.95 Å². The number of halogens is 1. The van der Waals surface area contributed by atoms with Crippen LogP contribution in [0.1, 0.15) is 36.3 Å². The van der Waals surface area contributed by atoms with Crippen molar-refractivity contribution in [3.63, 3.8) is 0 Å². The first kappa shape index (κ1) is 20.2. The van der Waals surface area contributed by atoms with Gasteiger partial charge in [0.1, 0.15) is 11.6 Å². The molecule has 154 valence electrons. The second-order valence-corrected chi connectivity index (χ2v) is 8.56. The van der Waals surface area contributed by atoms with Crippen LogP contribution in [-0.2, 0) is 6.42 Å². The number of anilines is 4. The maximum absolute atomic E-state index is 13.0. The zero-order valence-electron chi connectivity index (χ0n) is 17.1. The molecule has 0 bridgehead atoms. The zero-order valence-corrected chi connectivity index (χ0v) is 17.9. The number of hydrogen-bond acceptors (Lipinski definition) is 6. The molecule has 3 aromatic rings. The summed E-state index contributed by atoms with van der Waals surface area (Å²) in [6.45, 7) is 4.15. The first-order valence-electron chi connectivity index (χ1n) is 9.71. The molecule has 1 aliphatic rings. The third-order valence-electron chi connectivity index (χ3n) is 4.99. The maximum atomic E-state index is 13.0. The Morgan fingerprint density at radius 1 is 1.03 bits per heavy atom. The molecule has 4 rings (SSSR count). The summed E-state index contributed by atoms with van der Waals surface area (Å²) in [5.74, 6) is 1.59. The predicted octanol–water partition coefficient (Wildman–Crippen LogP) is 5.78. The van der Waals surface area contributed by atoms with E-state index in [2.05, 4.69) is 34.4 Å². The van der Waals surface area contributed by atoms with Gasteiger partial charge in [0.15, 0.2) is 5.78 Å². The summed E-state index contributed by atoms with van der Waals surface area (Å²) in [6, 6.07) is 14.9. The summed E-state index contributed by atoms with van der Waals surface area (Å²) in [5.41, 5.74) is 2.61. The Labute approximate surface area is 180 Å². The number of fused-ring (bicyclic) bond motifs is 1. The number of para-hydroxylation sites is 2. The molecule has 0 aliphatic heterocycles. The van der Waals surface area contributed by atoms with E-state index in [1.807, 2.05) is 36.4 Å². The highest BCUT2D eigenvalue weighted by molar-refractivity contribution is 6.30. The van der Waals surface area contributed by atoms with Gasteiger partial charge in [-0.1, -0.05) is 43.6 Å². The molecule has 0 spiro atoms. The summed E-state index contributed by atoms with van der Waals surface area (Å²) in [5, 5.41) is 7.09. The Hall–Kier alpha value is -3.12. The number of hydrogen-bond donors (Lipinski definition) is 2. The Balaban J connectivity index is 1.79. The van der Waals surface area contributed by atoms with Crippen molar-refractivity contribution in [2.45, 2.75) is 26.7 Å². The molecule has 0 fully saturated rings. The fourth-order valence-electron chi connectivity index (χ4n) is 3.68. The normalized spacial score (nSPS) is 14.7. The van der Waals surface area contributed by atoms with Crippen molar-refractivity contribution in [1.29, 1.82) is 0 Å². The molecule has 30 heavy (non-hydrogen) atoms. The quantitative estimate of drug-likeness (QED) is 0.542. The number of ketones is 1. The minimum absolute atomic E-state index is 0.0367. The highest BCUT2D eigenvalue weighted by Gasteiger charge is 2.35. The summed E-state index contributed by atoms with van der Waals surface area (Å²) in [4.78, 5) is 22.3. The van der Waals surface area contributed by atoms with Crippen LogP contribution in [0.25, 0.3) is 0 Å². The van der Waals surface area contributed by atoms with Crippen molar-refractivity contribution in [1.82, 2.24) is 9.97 Å². The number of nitrogens with zero attached hydrogens (tertiary/aromatic N) is 2. The van der Waals surface area contributed by atoms with Crippen LogP contribution in [-0.4, -0.2) is 22.9 Å². The lowest BCUT2D eigenvalue weighted by Crippen LogP contribution is -2.29. The van der Waals surface area contributed by atoms with Crippen LogP contribution in [0.5, 0.6) is 5.75 Å². The average molecular weight is 423 g/mol. The van der Waals surface area contributed by atoms with Crippen LogP contribution in [0.15, 0.2) is 48.5 Å². The van der Waals surface area contributed by atoms with E-state index in [0.717, 1.165) is 17.1 Å². The van der Waals surface area contributed by atoms with E-state index in [1.165, 1.54) is 0 Å². The lowest BCUT2D eigenvalue weighted by atomic mass is 9.75. The lowest BCUT2D eigenvalue weighted by molar-refractivity contribution is 0.0911. The molecule has 0 atom stereocenters. The molecule has 0 saturated heterocycles. The summed E-state index contributed by atoms with van der Waals surface area (Å²) < 4.78 is 5.42. The summed E-state index contributed by atoms with van der Waals surface area (Å²) >= 11 is 6.13. The first-order valence-corrected chi connectivity index (χ1v) is 10.1. The molecule has 0 saturated carbocycles. The number of carbonyl (C=O) groups excluding carboxylic acids is 1. The smallest absolute Gasteiger partial charge is 0.229 e. The van der Waals surface area contributed by atoms with Crippen LogP contribution in [0.2, 0.25) is 5.02 Å². The third-order valence-corrected chi connectivity index (χ3v) is 5.22. The van der Waals surface area contributed by atoms with Gasteiger partial charge in [-0.3, -0.25) is 4.79 Å². The molecule has 1 heterocycles. The fourth-order valence-corrected chi connectivity index (χ4v) is 3.87. The van der Waals surface area contributed by atoms with Crippen molar-refractivity contribution in [2.24, 2.45) is 5.41 Å². The Morgan fingerprint density at radius 3 is 2.60 bits per heavy atom. The second-order valence-electron chi connectivity index (χ2n) is 8.12. The van der Waals surface area contributed by atoms with Gasteiger partial charge >= 0.3 is 0 Å². The number of methoxy groups -OCH3 is 1. The number of rotatable bonds is 5. The fraction of sp³-hybridized carbons (Fsp3) is 0.261. The Morgan fingerprint density at radius 2 is 1.83 bits per heavy atom. The van der Waals surface area contributed by atoms with Gasteiger partial charge in [-0.2, -0.15) is 4.98 Å². The summed E-state index contributed by atoms with van der Waals surface area (Å²) in [7, 11) is 1.61. The topological polar surface area (TPSA) is 76.1 Å². The van der Waals surface area contributed by atoms with Gasteiger partial charge in [0.25, 0.3) is 0 Å². The maximum Gasteiger partial charge on any atom is 0.229 e. The predicted molar refractivity (Wildman–Crippen MR) is 119 cm³/mol. The van der Waals surface area contributed by atoms with Crippen LogP contribution in [0.3, 0.4) is 0 Å². The zero-order chi connectivity index (χ0) is 21.3. The van der Waals surface area contributed by atoms with E-state index in [4.69, 9.17) is 16.3 Å². The molecule has 1 aromatic heterocycles. The van der Waals surface area contributed by atoms with Crippen molar-refractivity contribution in [3.8, 4) is 5.75 Å². The van der Waals surface area contributed by atoms with Gasteiger partial charge in [-0.25, -0.2) is 4.98 Å². The van der Waals surface area contributed by atoms with Crippen molar-refractivity contribution < 1.29 is 9.53 Å². The van der Waals surface area contributed by atoms with E-state index in [9.17, 15) is 4.79 Å². The molecule has 2 aromatic carbocycles. The van der Waals surface area contributed by atoms with Crippen LogP contribution in [0.4, 0.5) is 23.1 Å². The standard InChI is InChI=1S/C23H23ClN4O2/c1-23(2)12-17-20(18(29)13-23)21(25-15-8-6-7-14(24)11-15)28-22(27-17)26-16-9-4-5-10-19(16)30-3/h4-11H,12-13H2,1-3H3,(H2,25,26,27,28). The Bertz CT molecular complexity index is 1110.